The normalized spacial score (nSPS) is 10.7. The van der Waals surface area contributed by atoms with Crippen molar-refractivity contribution in [1.82, 2.24) is 14.5 Å². The number of aryl methyl sites for hydroxylation is 2. The smallest absolute Gasteiger partial charge is 0.260 e. The van der Waals surface area contributed by atoms with Crippen LogP contribution in [0.15, 0.2) is 65.7 Å². The first-order valence-electron chi connectivity index (χ1n) is 9.01. The number of aromatic nitrogens is 3. The Morgan fingerprint density at radius 1 is 1.21 bits per heavy atom. The van der Waals surface area contributed by atoms with Crippen molar-refractivity contribution in [3.8, 4) is 0 Å². The van der Waals surface area contributed by atoms with Gasteiger partial charge in [-0.05, 0) is 49.2 Å². The highest BCUT2D eigenvalue weighted by molar-refractivity contribution is 9.10. The summed E-state index contributed by atoms with van der Waals surface area (Å²) in [5.41, 5.74) is 2.74. The van der Waals surface area contributed by atoms with E-state index in [1.165, 1.54) is 0 Å². The van der Waals surface area contributed by atoms with Crippen LogP contribution in [0.4, 0.5) is 5.13 Å². The van der Waals surface area contributed by atoms with E-state index in [0.717, 1.165) is 38.3 Å². The van der Waals surface area contributed by atoms with Gasteiger partial charge in [-0.25, -0.2) is 9.97 Å². The number of halogens is 2. The predicted octanol–water partition coefficient (Wildman–Crippen LogP) is 5.72. The average Bonchev–Trinajstić information content (AvgIpc) is 3.36. The molecule has 0 saturated carbocycles. The van der Waals surface area contributed by atoms with Crippen LogP contribution in [0.5, 0.6) is 0 Å². The van der Waals surface area contributed by atoms with E-state index in [9.17, 15) is 4.79 Å². The fourth-order valence-corrected chi connectivity index (χ4v) is 4.38. The largest absolute Gasteiger partial charge is 0.337 e. The second-order valence-corrected chi connectivity index (χ2v) is 8.46. The fourth-order valence-electron chi connectivity index (χ4n) is 3.05. The highest BCUT2D eigenvalue weighted by Gasteiger charge is 2.21. The third kappa shape index (κ3) is 4.86. The molecule has 2 aromatic heterocycles. The predicted molar refractivity (Wildman–Crippen MR) is 124 cm³/mol. The third-order valence-corrected chi connectivity index (χ3v) is 6.11. The summed E-state index contributed by atoms with van der Waals surface area (Å²) in [7, 11) is 0. The number of benzene rings is 2. The minimum absolute atomic E-state index is 0. The van der Waals surface area contributed by atoms with Crippen molar-refractivity contribution in [2.24, 2.45) is 0 Å². The van der Waals surface area contributed by atoms with Crippen molar-refractivity contribution in [1.29, 1.82) is 0 Å². The molecule has 8 heteroatoms. The van der Waals surface area contributed by atoms with Crippen molar-refractivity contribution in [3.05, 3.63) is 76.8 Å². The van der Waals surface area contributed by atoms with Gasteiger partial charge in [0.15, 0.2) is 5.13 Å². The summed E-state index contributed by atoms with van der Waals surface area (Å²) in [5, 5.41) is 0.739. The van der Waals surface area contributed by atoms with E-state index in [2.05, 4.69) is 27.0 Å². The number of carbonyl (C=O) groups is 1. The quantitative estimate of drug-likeness (QED) is 0.346. The monoisotopic (exact) mass is 490 g/mol. The first kappa shape index (κ1) is 21.5. The van der Waals surface area contributed by atoms with E-state index in [1.807, 2.05) is 54.1 Å². The molecule has 4 aromatic rings. The number of para-hydroxylation sites is 1. The van der Waals surface area contributed by atoms with Crippen molar-refractivity contribution >= 4 is 60.9 Å². The van der Waals surface area contributed by atoms with E-state index < -0.39 is 0 Å². The maximum absolute atomic E-state index is 13.3. The molecule has 150 valence electrons. The number of imidazole rings is 1. The Kier molecular flexibility index (Phi) is 7.05. The number of hydrogen-bond acceptors (Lipinski definition) is 4. The number of fused-ring (bicyclic) bond motifs is 1. The van der Waals surface area contributed by atoms with Crippen LogP contribution in [0.25, 0.3) is 10.2 Å². The molecule has 0 fully saturated rings. The first-order valence-corrected chi connectivity index (χ1v) is 10.6. The Balaban J connectivity index is 0.00000240. The Labute approximate surface area is 187 Å². The van der Waals surface area contributed by atoms with Crippen LogP contribution in [0.3, 0.4) is 0 Å². The molecule has 5 nitrogen and oxygen atoms in total. The number of rotatable bonds is 6. The van der Waals surface area contributed by atoms with E-state index in [1.54, 1.807) is 28.8 Å². The third-order valence-electron chi connectivity index (χ3n) is 4.53. The van der Waals surface area contributed by atoms with Crippen molar-refractivity contribution in [2.75, 3.05) is 11.4 Å². The van der Waals surface area contributed by atoms with Gasteiger partial charge in [-0.15, -0.1) is 12.4 Å². The Morgan fingerprint density at radius 2 is 2.00 bits per heavy atom. The second kappa shape index (κ2) is 9.52. The number of thiazole rings is 1. The van der Waals surface area contributed by atoms with Gasteiger partial charge in [-0.1, -0.05) is 39.4 Å². The van der Waals surface area contributed by atoms with E-state index in [0.29, 0.717) is 12.1 Å². The summed E-state index contributed by atoms with van der Waals surface area (Å²) in [6.07, 6.45) is 6.30. The molecule has 0 aliphatic carbocycles. The van der Waals surface area contributed by atoms with Gasteiger partial charge in [0.2, 0.25) is 0 Å². The maximum Gasteiger partial charge on any atom is 0.260 e. The molecule has 29 heavy (non-hydrogen) atoms. The molecule has 0 unspecified atom stereocenters. The molecular weight excluding hydrogens is 472 g/mol. The summed E-state index contributed by atoms with van der Waals surface area (Å²) in [4.78, 5) is 23.9. The van der Waals surface area contributed by atoms with E-state index in [4.69, 9.17) is 4.98 Å². The lowest BCUT2D eigenvalue weighted by Crippen LogP contribution is -2.32. The highest BCUT2D eigenvalue weighted by atomic mass is 79.9. The molecule has 0 atom stereocenters. The number of hydrogen-bond donors (Lipinski definition) is 0. The SMILES string of the molecule is Cc1cccc2sc(N(CCCn3ccnc3)C(=O)c3ccc(Br)cc3)nc12.Cl. The summed E-state index contributed by atoms with van der Waals surface area (Å²) in [5.74, 6) is -0.0326. The van der Waals surface area contributed by atoms with Gasteiger partial charge in [0.1, 0.15) is 0 Å². The van der Waals surface area contributed by atoms with Crippen LogP contribution in [-0.2, 0) is 6.54 Å². The Bertz CT molecular complexity index is 1100. The molecule has 0 aliphatic heterocycles. The number of nitrogens with zero attached hydrogens (tertiary/aromatic N) is 4. The van der Waals surface area contributed by atoms with Gasteiger partial charge in [0.05, 0.1) is 16.5 Å². The molecule has 0 radical (unpaired) electrons. The minimum Gasteiger partial charge on any atom is -0.337 e. The summed E-state index contributed by atoms with van der Waals surface area (Å²) in [6, 6.07) is 13.6. The molecule has 2 heterocycles. The van der Waals surface area contributed by atoms with Crippen LogP contribution < -0.4 is 4.90 Å². The number of anilines is 1. The topological polar surface area (TPSA) is 51.0 Å². The number of carbonyl (C=O) groups excluding carboxylic acids is 1. The zero-order valence-electron chi connectivity index (χ0n) is 15.8. The van der Waals surface area contributed by atoms with Crippen LogP contribution >= 0.6 is 39.7 Å². The van der Waals surface area contributed by atoms with Crippen molar-refractivity contribution in [2.45, 2.75) is 19.9 Å². The van der Waals surface area contributed by atoms with Gasteiger partial charge < -0.3 is 4.57 Å². The maximum atomic E-state index is 13.3. The van der Waals surface area contributed by atoms with Crippen LogP contribution in [0, 0.1) is 6.92 Å². The lowest BCUT2D eigenvalue weighted by Gasteiger charge is -2.20. The number of amides is 1. The molecule has 0 saturated heterocycles. The first-order chi connectivity index (χ1) is 13.6. The van der Waals surface area contributed by atoms with Gasteiger partial charge in [0.25, 0.3) is 5.91 Å². The average molecular weight is 492 g/mol. The van der Waals surface area contributed by atoms with Crippen molar-refractivity contribution in [3.63, 3.8) is 0 Å². The molecule has 2 aromatic carbocycles. The van der Waals surface area contributed by atoms with Gasteiger partial charge >= 0.3 is 0 Å². The van der Waals surface area contributed by atoms with E-state index in [-0.39, 0.29) is 18.3 Å². The van der Waals surface area contributed by atoms with Crippen LogP contribution in [0.2, 0.25) is 0 Å². The van der Waals surface area contributed by atoms with Crippen LogP contribution in [0.1, 0.15) is 22.3 Å². The van der Waals surface area contributed by atoms with E-state index >= 15 is 0 Å². The summed E-state index contributed by atoms with van der Waals surface area (Å²) < 4.78 is 4.06. The highest BCUT2D eigenvalue weighted by Crippen LogP contribution is 2.31. The van der Waals surface area contributed by atoms with Crippen molar-refractivity contribution < 1.29 is 4.79 Å². The Hall–Kier alpha value is -2.22. The second-order valence-electron chi connectivity index (χ2n) is 6.54. The molecule has 0 spiro atoms. The minimum atomic E-state index is -0.0326. The lowest BCUT2D eigenvalue weighted by molar-refractivity contribution is 0.0986. The zero-order chi connectivity index (χ0) is 19.5. The van der Waals surface area contributed by atoms with Gasteiger partial charge in [-0.3, -0.25) is 9.69 Å². The van der Waals surface area contributed by atoms with Gasteiger partial charge in [-0.2, -0.15) is 0 Å². The Morgan fingerprint density at radius 3 is 2.69 bits per heavy atom. The molecule has 0 aliphatic rings. The molecule has 4 rings (SSSR count). The van der Waals surface area contributed by atoms with Crippen LogP contribution in [-0.4, -0.2) is 27.0 Å². The fraction of sp³-hybridized carbons (Fsp3) is 0.190. The molecule has 0 bridgehead atoms. The zero-order valence-corrected chi connectivity index (χ0v) is 19.0. The lowest BCUT2D eigenvalue weighted by atomic mass is 10.2. The standard InChI is InChI=1S/C21H19BrN4OS.ClH/c1-15-4-2-5-18-19(15)24-21(28-18)26(12-3-11-25-13-10-23-14-25)20(27)16-6-8-17(22)9-7-16;/h2,4-10,13-14H,3,11-12H2,1H3;1H. The molecular formula is C21H20BrClN4OS. The summed E-state index contributed by atoms with van der Waals surface area (Å²) >= 11 is 4.99. The molecule has 1 amide bonds. The molecule has 0 N–H and O–H groups in total. The summed E-state index contributed by atoms with van der Waals surface area (Å²) in [6.45, 7) is 3.44. The van der Waals surface area contributed by atoms with Gasteiger partial charge in [0, 0.05) is 35.5 Å².